The Morgan fingerprint density at radius 1 is 0.947 bits per heavy atom. The van der Waals surface area contributed by atoms with Crippen LogP contribution in [0.1, 0.15) is 32.1 Å². The van der Waals surface area contributed by atoms with Crippen molar-refractivity contribution < 1.29 is 0 Å². The second-order valence-corrected chi connectivity index (χ2v) is 5.50. The van der Waals surface area contributed by atoms with Crippen LogP contribution in [-0.2, 0) is 0 Å². The standard InChI is InChI=1S/C17H21BN/c1-4-10-16(11-5-1)18(17-12-6-2-7-13-17)19-14-8-3-9-15-19/h1,3-5,8-11,14H,2,6-7,12-13,15H2. The minimum Gasteiger partial charge on any atom is -0.525 e. The zero-order valence-electron chi connectivity index (χ0n) is 11.5. The van der Waals surface area contributed by atoms with Crippen LogP contribution in [0, 0.1) is 5.82 Å². The predicted octanol–water partition coefficient (Wildman–Crippen LogP) is 3.35. The van der Waals surface area contributed by atoms with E-state index in [2.05, 4.69) is 59.6 Å². The first-order chi connectivity index (χ1) is 9.45. The predicted molar refractivity (Wildman–Crippen MR) is 83.1 cm³/mol. The summed E-state index contributed by atoms with van der Waals surface area (Å²) in [5.74, 6) is 1.72. The van der Waals surface area contributed by atoms with E-state index in [-0.39, 0.29) is 0 Å². The quantitative estimate of drug-likeness (QED) is 0.587. The molecule has 0 aromatic heterocycles. The highest BCUT2D eigenvalue weighted by molar-refractivity contribution is 6.76. The van der Waals surface area contributed by atoms with Crippen molar-refractivity contribution in [1.82, 2.24) is 4.81 Å². The van der Waals surface area contributed by atoms with Crippen LogP contribution in [0.25, 0.3) is 0 Å². The molecule has 0 spiro atoms. The van der Waals surface area contributed by atoms with E-state index >= 15 is 0 Å². The van der Waals surface area contributed by atoms with Crippen molar-refractivity contribution >= 4 is 12.3 Å². The molecule has 1 aromatic carbocycles. The molecule has 0 bridgehead atoms. The Bertz CT molecular complexity index is 446. The van der Waals surface area contributed by atoms with Gasteiger partial charge in [-0.15, -0.1) is 5.82 Å². The molecule has 2 aliphatic rings. The maximum Gasteiger partial charge on any atom is 0.249 e. The van der Waals surface area contributed by atoms with E-state index in [1.807, 2.05) is 0 Å². The summed E-state index contributed by atoms with van der Waals surface area (Å²) in [6.45, 7) is 1.50. The number of allylic oxidation sites excluding steroid dienone is 2. The molecule has 0 amide bonds. The molecule has 1 radical (unpaired) electrons. The average molecular weight is 250 g/mol. The fourth-order valence-electron chi connectivity index (χ4n) is 3.25. The third kappa shape index (κ3) is 2.89. The normalized spacial score (nSPS) is 19.2. The van der Waals surface area contributed by atoms with Crippen LogP contribution >= 0.6 is 0 Å². The fraction of sp³-hybridized carbons (Fsp3) is 0.353. The van der Waals surface area contributed by atoms with Gasteiger partial charge >= 0.3 is 0 Å². The molecule has 2 heteroatoms. The molecule has 1 nitrogen and oxygen atoms in total. The van der Waals surface area contributed by atoms with Crippen LogP contribution in [-0.4, -0.2) is 18.2 Å². The summed E-state index contributed by atoms with van der Waals surface area (Å²) >= 11 is 0. The van der Waals surface area contributed by atoms with Crippen LogP contribution < -0.4 is 5.46 Å². The summed E-state index contributed by atoms with van der Waals surface area (Å²) in [6.07, 6.45) is 15.5. The Hall–Kier alpha value is -1.57. The first-order valence-electron chi connectivity index (χ1n) is 7.44. The van der Waals surface area contributed by atoms with Gasteiger partial charge in [-0.3, -0.25) is 0 Å². The Morgan fingerprint density at radius 3 is 2.42 bits per heavy atom. The van der Waals surface area contributed by atoms with E-state index < -0.39 is 0 Å². The summed E-state index contributed by atoms with van der Waals surface area (Å²) in [5, 5.41) is 0. The maximum absolute atomic E-state index is 2.48. The Morgan fingerprint density at radius 2 is 1.74 bits per heavy atom. The van der Waals surface area contributed by atoms with Gasteiger partial charge in [0.1, 0.15) is 0 Å². The van der Waals surface area contributed by atoms with Crippen molar-refractivity contribution in [1.29, 1.82) is 0 Å². The Balaban J connectivity index is 1.86. The zero-order valence-corrected chi connectivity index (χ0v) is 11.5. The van der Waals surface area contributed by atoms with Crippen LogP contribution in [0.5, 0.6) is 0 Å². The lowest BCUT2D eigenvalue weighted by molar-refractivity contribution is 0.547. The van der Waals surface area contributed by atoms with Crippen molar-refractivity contribution in [2.24, 2.45) is 0 Å². The van der Waals surface area contributed by atoms with Gasteiger partial charge in [0, 0.05) is 12.8 Å². The highest BCUT2D eigenvalue weighted by Gasteiger charge is 2.30. The molecule has 0 unspecified atom stereocenters. The molecule has 0 saturated heterocycles. The summed E-state index contributed by atoms with van der Waals surface area (Å²) in [7, 11) is 0. The van der Waals surface area contributed by atoms with Gasteiger partial charge in [0.15, 0.2) is 0 Å². The minimum absolute atomic E-state index is 0.475. The molecule has 1 saturated carbocycles. The Labute approximate surface area is 117 Å². The molecule has 0 N–H and O–H groups in total. The lowest BCUT2D eigenvalue weighted by Crippen LogP contribution is -2.51. The first-order valence-corrected chi connectivity index (χ1v) is 7.44. The van der Waals surface area contributed by atoms with Crippen molar-refractivity contribution in [2.45, 2.75) is 32.1 Å². The van der Waals surface area contributed by atoms with Crippen LogP contribution in [0.4, 0.5) is 0 Å². The molecule has 1 fully saturated rings. The van der Waals surface area contributed by atoms with E-state index in [0.29, 0.717) is 6.85 Å². The largest absolute Gasteiger partial charge is 0.525 e. The van der Waals surface area contributed by atoms with Gasteiger partial charge in [-0.05, 0) is 32.0 Å². The molecule has 1 heterocycles. The smallest absolute Gasteiger partial charge is 0.249 e. The Kier molecular flexibility index (Phi) is 3.97. The van der Waals surface area contributed by atoms with Crippen molar-refractivity contribution in [3.8, 4) is 0 Å². The van der Waals surface area contributed by atoms with Gasteiger partial charge in [0.25, 0.3) is 0 Å². The van der Waals surface area contributed by atoms with Gasteiger partial charge in [0.05, 0.1) is 0 Å². The summed E-state index contributed by atoms with van der Waals surface area (Å²) < 4.78 is 0. The first kappa shape index (κ1) is 12.5. The number of rotatable bonds is 3. The molecular formula is C17H21BN. The summed E-state index contributed by atoms with van der Waals surface area (Å²) in [4.78, 5) is 2.48. The van der Waals surface area contributed by atoms with Crippen LogP contribution in [0.15, 0.2) is 54.8 Å². The number of hydrogen-bond acceptors (Lipinski definition) is 1. The second-order valence-electron chi connectivity index (χ2n) is 5.50. The lowest BCUT2D eigenvalue weighted by Gasteiger charge is -2.40. The molecule has 3 rings (SSSR count). The third-order valence-corrected chi connectivity index (χ3v) is 4.17. The molecular weight excluding hydrogens is 229 g/mol. The molecule has 1 aliphatic carbocycles. The van der Waals surface area contributed by atoms with Gasteiger partial charge in [-0.2, -0.15) is 5.46 Å². The van der Waals surface area contributed by atoms with E-state index in [0.717, 1.165) is 6.54 Å². The highest BCUT2D eigenvalue weighted by Crippen LogP contribution is 2.29. The molecule has 1 aliphatic heterocycles. The number of nitrogens with zero attached hydrogens (tertiary/aromatic N) is 1. The van der Waals surface area contributed by atoms with Crippen LogP contribution in [0.3, 0.4) is 0 Å². The van der Waals surface area contributed by atoms with Crippen molar-refractivity contribution in [3.63, 3.8) is 0 Å². The third-order valence-electron chi connectivity index (χ3n) is 4.17. The molecule has 97 valence electrons. The van der Waals surface area contributed by atoms with Crippen molar-refractivity contribution in [2.75, 3.05) is 6.54 Å². The maximum atomic E-state index is 2.48. The fourth-order valence-corrected chi connectivity index (χ4v) is 3.25. The molecule has 19 heavy (non-hydrogen) atoms. The van der Waals surface area contributed by atoms with E-state index in [9.17, 15) is 0 Å². The van der Waals surface area contributed by atoms with Crippen LogP contribution in [0.2, 0.25) is 0 Å². The zero-order chi connectivity index (χ0) is 12.9. The SMILES string of the molecule is C1=CCN([B-](c2ccccc2)[C+]2CCCCC2)C=C1. The van der Waals surface area contributed by atoms with E-state index in [4.69, 9.17) is 0 Å². The summed E-state index contributed by atoms with van der Waals surface area (Å²) in [6, 6.07) is 11.0. The van der Waals surface area contributed by atoms with Gasteiger partial charge in [-0.25, -0.2) is 0 Å². The average Bonchev–Trinajstić information content (AvgIpc) is 2.51. The lowest BCUT2D eigenvalue weighted by atomic mass is 9.42. The van der Waals surface area contributed by atoms with E-state index in [1.165, 1.54) is 37.6 Å². The van der Waals surface area contributed by atoms with Crippen molar-refractivity contribution in [3.05, 3.63) is 60.6 Å². The number of hydrogen-bond donors (Lipinski definition) is 0. The van der Waals surface area contributed by atoms with Gasteiger partial charge in [0.2, 0.25) is 6.85 Å². The number of benzene rings is 1. The molecule has 0 atom stereocenters. The second kappa shape index (κ2) is 6.05. The highest BCUT2D eigenvalue weighted by atomic mass is 15.0. The summed E-state index contributed by atoms with van der Waals surface area (Å²) in [5.41, 5.74) is 1.44. The minimum atomic E-state index is 0.475. The molecule has 1 aromatic rings. The topological polar surface area (TPSA) is 3.24 Å². The van der Waals surface area contributed by atoms with Gasteiger partial charge in [-0.1, -0.05) is 48.6 Å². The monoisotopic (exact) mass is 250 g/mol. The van der Waals surface area contributed by atoms with E-state index in [1.54, 1.807) is 5.82 Å². The van der Waals surface area contributed by atoms with Gasteiger partial charge < -0.3 is 4.81 Å².